The standard InChI is InChI=1S/C43H52F2N6O7/c1-5-19-47-40(55)34(48-41(56)35(23-37(46)53)49-42(57)58-27-29-14-10-7-11-15-29)18-20-51(38(54)26-52)39(43(2,3)4)36-21-30(32-22-31(44)16-17-33(32)45)25-50(36)24-28-12-8-6-9-13-28/h6-17,21-22,25,34-35,39,52H,5,18-20,23-24,26-27H2,1-4H3,(H2,46,53)(H,47,55)(H,48,56)(H,49,57)/t34-,35-,39-/m0/s1. The van der Waals surface area contributed by atoms with Crippen molar-refractivity contribution in [2.24, 2.45) is 11.1 Å². The normalized spacial score (nSPS) is 12.8. The summed E-state index contributed by atoms with van der Waals surface area (Å²) in [7, 11) is 0. The van der Waals surface area contributed by atoms with E-state index >= 15 is 4.39 Å². The second kappa shape index (κ2) is 20.9. The highest BCUT2D eigenvalue weighted by Crippen LogP contribution is 2.41. The molecular weight excluding hydrogens is 751 g/mol. The van der Waals surface area contributed by atoms with Crippen LogP contribution in [0.1, 0.15) is 69.8 Å². The van der Waals surface area contributed by atoms with Gasteiger partial charge in [-0.15, -0.1) is 0 Å². The number of aromatic nitrogens is 1. The van der Waals surface area contributed by atoms with E-state index in [4.69, 9.17) is 10.5 Å². The maximum absolute atomic E-state index is 15.2. The summed E-state index contributed by atoms with van der Waals surface area (Å²) in [5.41, 5.74) is 7.14. The summed E-state index contributed by atoms with van der Waals surface area (Å²) >= 11 is 0. The third-order valence-electron chi connectivity index (χ3n) is 9.30. The highest BCUT2D eigenvalue weighted by Gasteiger charge is 2.38. The van der Waals surface area contributed by atoms with E-state index in [0.717, 1.165) is 23.8 Å². The van der Waals surface area contributed by atoms with Crippen molar-refractivity contribution < 1.29 is 42.6 Å². The molecule has 0 saturated heterocycles. The molecule has 0 unspecified atom stereocenters. The third-order valence-corrected chi connectivity index (χ3v) is 9.30. The van der Waals surface area contributed by atoms with Crippen molar-refractivity contribution in [3.8, 4) is 11.1 Å². The smallest absolute Gasteiger partial charge is 0.408 e. The van der Waals surface area contributed by atoms with Crippen LogP contribution in [0.5, 0.6) is 0 Å². The SMILES string of the molecule is CCCNC(=O)[C@H](CCN(C(=O)CO)[C@@H](c1cc(-c2cc(F)ccc2F)cn1Cc1ccccc1)C(C)(C)C)NC(=O)[C@H](CC(N)=O)NC(=O)OCc1ccccc1. The maximum Gasteiger partial charge on any atom is 0.408 e. The van der Waals surface area contributed by atoms with Crippen LogP contribution in [0.15, 0.2) is 91.1 Å². The number of carbonyl (C=O) groups excluding carboxylic acids is 5. The molecule has 3 aromatic carbocycles. The van der Waals surface area contributed by atoms with Gasteiger partial charge >= 0.3 is 6.09 Å². The predicted octanol–water partition coefficient (Wildman–Crippen LogP) is 4.96. The number of carbonyl (C=O) groups is 5. The number of rotatable bonds is 19. The van der Waals surface area contributed by atoms with Gasteiger partial charge in [0.05, 0.1) is 12.5 Å². The number of amides is 5. The summed E-state index contributed by atoms with van der Waals surface area (Å²) in [6.45, 7) is 6.83. The maximum atomic E-state index is 15.2. The molecule has 6 N–H and O–H groups in total. The lowest BCUT2D eigenvalue weighted by Gasteiger charge is -2.41. The van der Waals surface area contributed by atoms with Gasteiger partial charge in [-0.2, -0.15) is 0 Å². The van der Waals surface area contributed by atoms with Crippen molar-refractivity contribution in [1.29, 1.82) is 0 Å². The topological polar surface area (TPSA) is 185 Å². The molecule has 310 valence electrons. The number of nitrogens with two attached hydrogens (primary N) is 1. The molecule has 0 aliphatic heterocycles. The fourth-order valence-electron chi connectivity index (χ4n) is 6.60. The number of nitrogens with zero attached hydrogens (tertiary/aromatic N) is 2. The van der Waals surface area contributed by atoms with Crippen LogP contribution in [0.2, 0.25) is 0 Å². The van der Waals surface area contributed by atoms with Crippen molar-refractivity contribution in [1.82, 2.24) is 25.4 Å². The average molecular weight is 803 g/mol. The quantitative estimate of drug-likeness (QED) is 0.0887. The van der Waals surface area contributed by atoms with E-state index in [1.54, 1.807) is 42.6 Å². The molecule has 0 spiro atoms. The first-order chi connectivity index (χ1) is 27.6. The van der Waals surface area contributed by atoms with Crippen LogP contribution in [-0.2, 0) is 37.1 Å². The Bertz CT molecular complexity index is 2020. The lowest BCUT2D eigenvalue weighted by Crippen LogP contribution is -2.55. The Hall–Kier alpha value is -6.09. The minimum absolute atomic E-state index is 0.0131. The Morgan fingerprint density at radius 1 is 0.879 bits per heavy atom. The Morgan fingerprint density at radius 3 is 2.14 bits per heavy atom. The molecule has 0 aliphatic carbocycles. The second-order valence-electron chi connectivity index (χ2n) is 15.0. The van der Waals surface area contributed by atoms with E-state index in [0.29, 0.717) is 29.8 Å². The van der Waals surface area contributed by atoms with Gasteiger partial charge in [-0.3, -0.25) is 19.2 Å². The average Bonchev–Trinajstić information content (AvgIpc) is 3.59. The predicted molar refractivity (Wildman–Crippen MR) is 214 cm³/mol. The minimum Gasteiger partial charge on any atom is -0.445 e. The first-order valence-corrected chi connectivity index (χ1v) is 19.0. The number of aliphatic hydroxyl groups is 1. The van der Waals surface area contributed by atoms with E-state index in [2.05, 4.69) is 16.0 Å². The number of alkyl carbamates (subject to hydrolysis) is 1. The summed E-state index contributed by atoms with van der Waals surface area (Å²) in [6.07, 6.45) is 0.467. The third kappa shape index (κ3) is 12.7. The van der Waals surface area contributed by atoms with Crippen LogP contribution < -0.4 is 21.7 Å². The zero-order valence-corrected chi connectivity index (χ0v) is 33.2. The van der Waals surface area contributed by atoms with E-state index in [1.807, 2.05) is 62.6 Å². The highest BCUT2D eigenvalue weighted by atomic mass is 19.1. The molecule has 0 fully saturated rings. The number of halogens is 2. The summed E-state index contributed by atoms with van der Waals surface area (Å²) in [4.78, 5) is 67.1. The molecule has 0 saturated carbocycles. The van der Waals surface area contributed by atoms with Crippen LogP contribution >= 0.6 is 0 Å². The molecule has 0 bridgehead atoms. The van der Waals surface area contributed by atoms with E-state index in [9.17, 15) is 33.5 Å². The van der Waals surface area contributed by atoms with Gasteiger partial charge in [-0.25, -0.2) is 13.6 Å². The fraction of sp³-hybridized carbons (Fsp3) is 0.372. The van der Waals surface area contributed by atoms with Gasteiger partial charge in [0.25, 0.3) is 0 Å². The molecule has 1 heterocycles. The number of primary amides is 1. The van der Waals surface area contributed by atoms with E-state index in [1.165, 1.54) is 4.90 Å². The van der Waals surface area contributed by atoms with Gasteiger partial charge in [-0.05, 0) is 53.6 Å². The van der Waals surface area contributed by atoms with Gasteiger partial charge in [0.2, 0.25) is 23.6 Å². The van der Waals surface area contributed by atoms with Gasteiger partial charge in [0.15, 0.2) is 0 Å². The van der Waals surface area contributed by atoms with Crippen molar-refractivity contribution in [3.63, 3.8) is 0 Å². The molecule has 0 radical (unpaired) electrons. The van der Waals surface area contributed by atoms with Gasteiger partial charge in [-0.1, -0.05) is 88.4 Å². The fourth-order valence-corrected chi connectivity index (χ4v) is 6.60. The first-order valence-electron chi connectivity index (χ1n) is 19.0. The van der Waals surface area contributed by atoms with E-state index in [-0.39, 0.29) is 31.7 Å². The van der Waals surface area contributed by atoms with Crippen LogP contribution in [0.3, 0.4) is 0 Å². The molecule has 15 heteroatoms. The molecule has 4 rings (SSSR count). The lowest BCUT2D eigenvalue weighted by atomic mass is 9.82. The summed E-state index contributed by atoms with van der Waals surface area (Å²) < 4.78 is 36.7. The highest BCUT2D eigenvalue weighted by molar-refractivity contribution is 5.94. The molecule has 1 aromatic heterocycles. The van der Waals surface area contributed by atoms with Gasteiger partial charge in [0.1, 0.15) is 36.9 Å². The van der Waals surface area contributed by atoms with Crippen LogP contribution in [0.25, 0.3) is 11.1 Å². The molecule has 58 heavy (non-hydrogen) atoms. The minimum atomic E-state index is -1.51. The molecule has 3 atom stereocenters. The summed E-state index contributed by atoms with van der Waals surface area (Å²) in [5, 5.41) is 18.0. The largest absolute Gasteiger partial charge is 0.445 e. The van der Waals surface area contributed by atoms with Crippen molar-refractivity contribution in [2.45, 2.75) is 78.2 Å². The number of nitrogens with one attached hydrogen (secondary N) is 3. The molecular formula is C43H52F2N6O7. The first kappa shape index (κ1) is 44.6. The number of benzene rings is 3. The van der Waals surface area contributed by atoms with Crippen molar-refractivity contribution in [2.75, 3.05) is 19.7 Å². The number of hydrogen-bond donors (Lipinski definition) is 5. The van der Waals surface area contributed by atoms with Gasteiger partial charge < -0.3 is 41.0 Å². The molecule has 0 aliphatic rings. The Balaban J connectivity index is 1.68. The monoisotopic (exact) mass is 802 g/mol. The van der Waals surface area contributed by atoms with Crippen LogP contribution in [0.4, 0.5) is 13.6 Å². The van der Waals surface area contributed by atoms with Crippen LogP contribution in [-0.4, -0.2) is 76.1 Å². The Kier molecular flexibility index (Phi) is 16.1. The molecule has 4 aromatic rings. The van der Waals surface area contributed by atoms with Crippen molar-refractivity contribution >= 4 is 29.7 Å². The van der Waals surface area contributed by atoms with Crippen molar-refractivity contribution in [3.05, 3.63) is 120 Å². The summed E-state index contributed by atoms with van der Waals surface area (Å²) in [6, 6.07) is 19.4. The number of hydrogen-bond acceptors (Lipinski definition) is 7. The van der Waals surface area contributed by atoms with Gasteiger partial charge in [0, 0.05) is 42.7 Å². The number of ether oxygens (including phenoxy) is 1. The summed E-state index contributed by atoms with van der Waals surface area (Å²) in [5.74, 6) is -4.38. The molecule has 5 amide bonds. The van der Waals surface area contributed by atoms with Crippen LogP contribution in [0, 0.1) is 17.0 Å². The number of aliphatic hydroxyl groups excluding tert-OH is 1. The lowest BCUT2D eigenvalue weighted by molar-refractivity contribution is -0.140. The Labute approximate surface area is 336 Å². The van der Waals surface area contributed by atoms with E-state index < -0.39 is 77.9 Å². The zero-order chi connectivity index (χ0) is 42.4. The second-order valence-corrected chi connectivity index (χ2v) is 15.0. The molecule has 13 nitrogen and oxygen atoms in total. The zero-order valence-electron chi connectivity index (χ0n) is 33.2. The Morgan fingerprint density at radius 2 is 1.53 bits per heavy atom.